The quantitative estimate of drug-likeness (QED) is 0.447. The third kappa shape index (κ3) is 4.68. The van der Waals surface area contributed by atoms with Crippen molar-refractivity contribution in [3.8, 4) is 5.75 Å². The number of hydrogen-bond donors (Lipinski definition) is 0. The molecule has 2 aromatic rings. The molecule has 11 heteroatoms. The van der Waals surface area contributed by atoms with Crippen LogP contribution in [0.3, 0.4) is 0 Å². The standard InChI is InChI=1S/C14H12F3N3O5/c1-24-11-3-2-10(20(22)23)6-9(11)8-25-13(21)7-19-5-4-12(18-19)14(15,16)17/h2-6H,7-8H2,1H3. The Hall–Kier alpha value is -3.11. The number of carbonyl (C=O) groups excluding carboxylic acids is 1. The second kappa shape index (κ2) is 7.20. The molecule has 0 saturated carbocycles. The first-order valence-corrected chi connectivity index (χ1v) is 6.78. The topological polar surface area (TPSA) is 96.5 Å². The summed E-state index contributed by atoms with van der Waals surface area (Å²) in [5.41, 5.74) is -1.09. The van der Waals surface area contributed by atoms with Crippen LogP contribution in [0.1, 0.15) is 11.3 Å². The molecule has 1 aromatic carbocycles. The van der Waals surface area contributed by atoms with Gasteiger partial charge in [-0.2, -0.15) is 18.3 Å². The molecule has 0 aliphatic rings. The minimum atomic E-state index is -4.61. The summed E-state index contributed by atoms with van der Waals surface area (Å²) < 4.78 is 48.0. The van der Waals surface area contributed by atoms with Gasteiger partial charge >= 0.3 is 12.1 Å². The number of alkyl halides is 3. The molecular weight excluding hydrogens is 347 g/mol. The lowest BCUT2D eigenvalue weighted by molar-refractivity contribution is -0.385. The van der Waals surface area contributed by atoms with E-state index >= 15 is 0 Å². The molecule has 0 unspecified atom stereocenters. The zero-order valence-electron chi connectivity index (χ0n) is 12.8. The van der Waals surface area contributed by atoms with Crippen LogP contribution in [0.2, 0.25) is 0 Å². The molecule has 0 fully saturated rings. The lowest BCUT2D eigenvalue weighted by Crippen LogP contribution is -2.15. The van der Waals surface area contributed by atoms with Crippen LogP contribution in [0.15, 0.2) is 30.5 Å². The number of benzene rings is 1. The predicted molar refractivity (Wildman–Crippen MR) is 76.7 cm³/mol. The molecule has 1 heterocycles. The smallest absolute Gasteiger partial charge is 0.435 e. The Balaban J connectivity index is 2.01. The summed E-state index contributed by atoms with van der Waals surface area (Å²) in [6, 6.07) is 4.50. The van der Waals surface area contributed by atoms with Crippen LogP contribution >= 0.6 is 0 Å². The number of ether oxygens (including phenoxy) is 2. The molecule has 0 atom stereocenters. The van der Waals surface area contributed by atoms with E-state index in [0.717, 1.165) is 16.9 Å². The number of non-ortho nitro benzene ring substituents is 1. The molecule has 2 rings (SSSR count). The maximum Gasteiger partial charge on any atom is 0.435 e. The normalized spacial score (nSPS) is 11.2. The van der Waals surface area contributed by atoms with E-state index in [1.165, 1.54) is 25.3 Å². The first-order chi connectivity index (χ1) is 11.7. The van der Waals surface area contributed by atoms with Gasteiger partial charge in [0.15, 0.2) is 5.69 Å². The van der Waals surface area contributed by atoms with Crippen molar-refractivity contribution < 1.29 is 32.4 Å². The third-order valence-corrected chi connectivity index (χ3v) is 3.09. The molecule has 0 radical (unpaired) electrons. The van der Waals surface area contributed by atoms with Crippen molar-refractivity contribution in [3.05, 3.63) is 51.8 Å². The third-order valence-electron chi connectivity index (χ3n) is 3.09. The van der Waals surface area contributed by atoms with E-state index < -0.39 is 29.3 Å². The maximum absolute atomic E-state index is 12.4. The molecule has 25 heavy (non-hydrogen) atoms. The Kier molecular flexibility index (Phi) is 5.25. The van der Waals surface area contributed by atoms with Crippen LogP contribution in [0.25, 0.3) is 0 Å². The van der Waals surface area contributed by atoms with E-state index in [2.05, 4.69) is 5.10 Å². The second-order valence-corrected chi connectivity index (χ2v) is 4.81. The number of methoxy groups -OCH3 is 1. The van der Waals surface area contributed by atoms with Crippen LogP contribution in [-0.2, 0) is 28.9 Å². The monoisotopic (exact) mass is 359 g/mol. The zero-order chi connectivity index (χ0) is 18.6. The van der Waals surface area contributed by atoms with Gasteiger partial charge in [0.25, 0.3) is 5.69 Å². The second-order valence-electron chi connectivity index (χ2n) is 4.81. The molecule has 0 aliphatic heterocycles. The first-order valence-electron chi connectivity index (χ1n) is 6.78. The fourth-order valence-corrected chi connectivity index (χ4v) is 1.93. The van der Waals surface area contributed by atoms with Gasteiger partial charge in [0.05, 0.1) is 12.0 Å². The average molecular weight is 359 g/mol. The molecule has 0 N–H and O–H groups in total. The highest BCUT2D eigenvalue weighted by molar-refractivity contribution is 5.69. The summed E-state index contributed by atoms with van der Waals surface area (Å²) in [6.45, 7) is -0.871. The van der Waals surface area contributed by atoms with Gasteiger partial charge in [0, 0.05) is 23.9 Å². The van der Waals surface area contributed by atoms with E-state index in [0.29, 0.717) is 0 Å². The molecule has 8 nitrogen and oxygen atoms in total. The van der Waals surface area contributed by atoms with Gasteiger partial charge in [-0.15, -0.1) is 0 Å². The highest BCUT2D eigenvalue weighted by atomic mass is 19.4. The van der Waals surface area contributed by atoms with Crippen LogP contribution < -0.4 is 4.74 Å². The van der Waals surface area contributed by atoms with Crippen LogP contribution in [-0.4, -0.2) is 27.8 Å². The number of aromatic nitrogens is 2. The largest absolute Gasteiger partial charge is 0.496 e. The van der Waals surface area contributed by atoms with Gasteiger partial charge in [-0.3, -0.25) is 19.6 Å². The Morgan fingerprint density at radius 3 is 2.64 bits per heavy atom. The fourth-order valence-electron chi connectivity index (χ4n) is 1.93. The van der Waals surface area contributed by atoms with Crippen molar-refractivity contribution in [1.29, 1.82) is 0 Å². The highest BCUT2D eigenvalue weighted by Crippen LogP contribution is 2.27. The van der Waals surface area contributed by atoms with Crippen molar-refractivity contribution in [2.75, 3.05) is 7.11 Å². The van der Waals surface area contributed by atoms with E-state index in [1.54, 1.807) is 0 Å². The maximum atomic E-state index is 12.4. The van der Waals surface area contributed by atoms with Crippen LogP contribution in [0, 0.1) is 10.1 Å². The molecule has 1 aromatic heterocycles. The Morgan fingerprint density at radius 1 is 1.36 bits per heavy atom. The number of esters is 1. The van der Waals surface area contributed by atoms with Crippen molar-refractivity contribution in [2.24, 2.45) is 0 Å². The van der Waals surface area contributed by atoms with Gasteiger partial charge in [0.1, 0.15) is 18.9 Å². The van der Waals surface area contributed by atoms with Gasteiger partial charge in [-0.25, -0.2) is 0 Å². The molecule has 0 aliphatic carbocycles. The molecule has 0 amide bonds. The average Bonchev–Trinajstić information content (AvgIpc) is 3.01. The SMILES string of the molecule is COc1ccc([N+](=O)[O-])cc1COC(=O)Cn1ccc(C(F)(F)F)n1. The zero-order valence-corrected chi connectivity index (χ0v) is 12.8. The van der Waals surface area contributed by atoms with Crippen LogP contribution in [0.4, 0.5) is 18.9 Å². The lowest BCUT2D eigenvalue weighted by Gasteiger charge is -2.09. The lowest BCUT2D eigenvalue weighted by atomic mass is 10.2. The first kappa shape index (κ1) is 18.2. The van der Waals surface area contributed by atoms with Crippen molar-refractivity contribution in [2.45, 2.75) is 19.3 Å². The van der Waals surface area contributed by atoms with E-state index in [9.17, 15) is 28.1 Å². The predicted octanol–water partition coefficient (Wildman–Crippen LogP) is 2.56. The van der Waals surface area contributed by atoms with Gasteiger partial charge < -0.3 is 9.47 Å². The minimum Gasteiger partial charge on any atom is -0.496 e. The van der Waals surface area contributed by atoms with E-state index in [4.69, 9.17) is 9.47 Å². The molecule has 134 valence electrons. The van der Waals surface area contributed by atoms with Crippen molar-refractivity contribution in [3.63, 3.8) is 0 Å². The summed E-state index contributed by atoms with van der Waals surface area (Å²) in [5, 5.41) is 14.0. The number of nitro benzene ring substituents is 1. The number of hydrogen-bond acceptors (Lipinski definition) is 6. The van der Waals surface area contributed by atoms with Crippen LogP contribution in [0.5, 0.6) is 5.75 Å². The van der Waals surface area contributed by atoms with Crippen molar-refractivity contribution >= 4 is 11.7 Å². The fraction of sp³-hybridized carbons (Fsp3) is 0.286. The number of nitrogens with zero attached hydrogens (tertiary/aromatic N) is 3. The summed E-state index contributed by atoms with van der Waals surface area (Å²) in [7, 11) is 1.34. The van der Waals surface area contributed by atoms with E-state index in [1.807, 2.05) is 0 Å². The van der Waals surface area contributed by atoms with Gasteiger partial charge in [0.2, 0.25) is 0 Å². The summed E-state index contributed by atoms with van der Waals surface area (Å²) in [5.74, 6) is -0.581. The Labute approximate surface area is 138 Å². The molecule has 0 bridgehead atoms. The summed E-state index contributed by atoms with van der Waals surface area (Å²) in [4.78, 5) is 21.9. The number of rotatable bonds is 6. The molecule has 0 saturated heterocycles. The highest BCUT2D eigenvalue weighted by Gasteiger charge is 2.33. The van der Waals surface area contributed by atoms with Gasteiger partial charge in [-0.1, -0.05) is 0 Å². The summed E-state index contributed by atoms with van der Waals surface area (Å²) in [6.07, 6.45) is -3.61. The summed E-state index contributed by atoms with van der Waals surface area (Å²) >= 11 is 0. The Bertz CT molecular complexity index is 788. The van der Waals surface area contributed by atoms with Crippen molar-refractivity contribution in [1.82, 2.24) is 9.78 Å². The molecule has 0 spiro atoms. The number of carbonyl (C=O) groups is 1. The van der Waals surface area contributed by atoms with Gasteiger partial charge in [-0.05, 0) is 12.1 Å². The van der Waals surface area contributed by atoms with E-state index in [-0.39, 0.29) is 23.6 Å². The molecular formula is C14H12F3N3O5. The minimum absolute atomic E-state index is 0.214. The number of halogens is 3. The number of nitro groups is 1. The Morgan fingerprint density at radius 2 is 2.08 bits per heavy atom.